The summed E-state index contributed by atoms with van der Waals surface area (Å²) in [6.45, 7) is 11.7. The summed E-state index contributed by atoms with van der Waals surface area (Å²) in [5, 5.41) is 2.89. The topological polar surface area (TPSA) is 58.6 Å². The smallest absolute Gasteiger partial charge is 0.261 e. The van der Waals surface area contributed by atoms with E-state index in [1.165, 1.54) is 0 Å². The maximum absolute atomic E-state index is 13.1. The summed E-state index contributed by atoms with van der Waals surface area (Å²) in [7, 11) is 0. The van der Waals surface area contributed by atoms with E-state index in [-0.39, 0.29) is 24.5 Å². The summed E-state index contributed by atoms with van der Waals surface area (Å²) in [6, 6.07) is 11.1. The number of hydrogen-bond donors (Lipinski definition) is 1. The number of halogens is 1. The van der Waals surface area contributed by atoms with Gasteiger partial charge in [0, 0.05) is 17.1 Å². The highest BCUT2D eigenvalue weighted by Gasteiger charge is 2.27. The molecule has 5 nitrogen and oxygen atoms in total. The first-order chi connectivity index (χ1) is 14.1. The molecule has 1 unspecified atom stereocenters. The van der Waals surface area contributed by atoms with E-state index in [0.717, 1.165) is 26.7 Å². The Morgan fingerprint density at radius 2 is 1.80 bits per heavy atom. The Bertz CT molecular complexity index is 911. The molecule has 0 bridgehead atoms. The van der Waals surface area contributed by atoms with Gasteiger partial charge in [0.15, 0.2) is 6.61 Å². The van der Waals surface area contributed by atoms with Crippen molar-refractivity contribution in [2.75, 3.05) is 6.61 Å². The Hall–Kier alpha value is -2.34. The van der Waals surface area contributed by atoms with Gasteiger partial charge in [-0.15, -0.1) is 0 Å². The highest BCUT2D eigenvalue weighted by atomic mass is 79.9. The number of carbonyl (C=O) groups is 2. The van der Waals surface area contributed by atoms with Crippen molar-refractivity contribution in [3.63, 3.8) is 0 Å². The van der Waals surface area contributed by atoms with Gasteiger partial charge in [-0.2, -0.15) is 0 Å². The lowest BCUT2D eigenvalue weighted by atomic mass is 10.1. The van der Waals surface area contributed by atoms with Gasteiger partial charge in [-0.1, -0.05) is 34.1 Å². The summed E-state index contributed by atoms with van der Waals surface area (Å²) in [6.07, 6.45) is 0. The predicted molar refractivity (Wildman–Crippen MR) is 124 cm³/mol. The molecular formula is C24H31BrN2O3. The van der Waals surface area contributed by atoms with Crippen molar-refractivity contribution < 1.29 is 14.3 Å². The van der Waals surface area contributed by atoms with E-state index in [2.05, 4.69) is 27.3 Å². The number of nitrogens with zero attached hydrogens (tertiary/aromatic N) is 1. The van der Waals surface area contributed by atoms with E-state index < -0.39 is 6.04 Å². The zero-order valence-electron chi connectivity index (χ0n) is 18.6. The second-order valence-corrected chi connectivity index (χ2v) is 8.90. The summed E-state index contributed by atoms with van der Waals surface area (Å²) in [5.41, 5.74) is 4.14. The number of benzene rings is 2. The molecule has 0 heterocycles. The molecule has 0 aliphatic heterocycles. The molecule has 2 aromatic carbocycles. The molecule has 0 aliphatic carbocycles. The molecule has 30 heavy (non-hydrogen) atoms. The third-order valence-electron chi connectivity index (χ3n) is 4.96. The Balaban J connectivity index is 2.22. The maximum Gasteiger partial charge on any atom is 0.261 e. The van der Waals surface area contributed by atoms with Crippen LogP contribution in [0.1, 0.15) is 43.0 Å². The Morgan fingerprint density at radius 3 is 2.43 bits per heavy atom. The monoisotopic (exact) mass is 474 g/mol. The van der Waals surface area contributed by atoms with Crippen LogP contribution in [-0.4, -0.2) is 35.4 Å². The molecule has 2 aromatic rings. The quantitative estimate of drug-likeness (QED) is 0.603. The highest BCUT2D eigenvalue weighted by Crippen LogP contribution is 2.23. The lowest BCUT2D eigenvalue weighted by Crippen LogP contribution is -2.50. The minimum absolute atomic E-state index is 0.00283. The summed E-state index contributed by atoms with van der Waals surface area (Å²) in [4.78, 5) is 27.3. The van der Waals surface area contributed by atoms with Gasteiger partial charge in [0.2, 0.25) is 5.91 Å². The average molecular weight is 475 g/mol. The van der Waals surface area contributed by atoms with Gasteiger partial charge in [-0.25, -0.2) is 0 Å². The Labute approximate surface area is 187 Å². The van der Waals surface area contributed by atoms with Gasteiger partial charge in [0.25, 0.3) is 5.91 Å². The van der Waals surface area contributed by atoms with Gasteiger partial charge in [0.05, 0.1) is 0 Å². The largest absolute Gasteiger partial charge is 0.483 e. The van der Waals surface area contributed by atoms with Crippen LogP contribution in [0.5, 0.6) is 5.75 Å². The highest BCUT2D eigenvalue weighted by molar-refractivity contribution is 9.10. The lowest BCUT2D eigenvalue weighted by Gasteiger charge is -2.29. The van der Waals surface area contributed by atoms with E-state index in [9.17, 15) is 9.59 Å². The zero-order valence-corrected chi connectivity index (χ0v) is 20.2. The van der Waals surface area contributed by atoms with E-state index in [1.807, 2.05) is 65.0 Å². The van der Waals surface area contributed by atoms with Gasteiger partial charge in [-0.05, 0) is 82.0 Å². The van der Waals surface area contributed by atoms with Crippen molar-refractivity contribution in [2.45, 2.75) is 60.2 Å². The second kappa shape index (κ2) is 10.6. The SMILES string of the molecule is Cc1cc(C)c(C)c(OCC(=O)N(Cc2cccc(Br)c2)C(C)C(=O)NC(C)C)c1. The van der Waals surface area contributed by atoms with Crippen LogP contribution in [-0.2, 0) is 16.1 Å². The molecule has 0 aromatic heterocycles. The van der Waals surface area contributed by atoms with Crippen molar-refractivity contribution in [3.8, 4) is 5.75 Å². The number of amides is 2. The fraction of sp³-hybridized carbons (Fsp3) is 0.417. The first-order valence-electron chi connectivity index (χ1n) is 10.1. The van der Waals surface area contributed by atoms with Crippen LogP contribution in [0.25, 0.3) is 0 Å². The molecule has 1 N–H and O–H groups in total. The zero-order chi connectivity index (χ0) is 22.4. The molecule has 2 amide bonds. The molecule has 0 radical (unpaired) electrons. The summed E-state index contributed by atoms with van der Waals surface area (Å²) >= 11 is 3.46. The van der Waals surface area contributed by atoms with Gasteiger partial charge >= 0.3 is 0 Å². The van der Waals surface area contributed by atoms with Crippen molar-refractivity contribution in [3.05, 3.63) is 63.1 Å². The molecule has 0 saturated carbocycles. The van der Waals surface area contributed by atoms with Crippen molar-refractivity contribution in [1.82, 2.24) is 10.2 Å². The lowest BCUT2D eigenvalue weighted by molar-refractivity contribution is -0.142. The van der Waals surface area contributed by atoms with Crippen LogP contribution < -0.4 is 10.1 Å². The molecule has 6 heteroatoms. The molecular weight excluding hydrogens is 444 g/mol. The molecule has 0 spiro atoms. The summed E-state index contributed by atoms with van der Waals surface area (Å²) in [5.74, 6) is 0.276. The standard InChI is InChI=1S/C24H31BrN2O3/c1-15(2)26-24(29)19(6)27(13-20-8-7-9-21(25)12-20)23(28)14-30-22-11-16(3)10-17(4)18(22)5/h7-12,15,19H,13-14H2,1-6H3,(H,26,29). The van der Waals surface area contributed by atoms with E-state index in [1.54, 1.807) is 11.8 Å². The number of ether oxygens (including phenoxy) is 1. The molecule has 0 aliphatic rings. The summed E-state index contributed by atoms with van der Waals surface area (Å²) < 4.78 is 6.81. The van der Waals surface area contributed by atoms with Crippen LogP contribution >= 0.6 is 15.9 Å². The minimum Gasteiger partial charge on any atom is -0.483 e. The first kappa shape index (κ1) is 23.9. The van der Waals surface area contributed by atoms with Crippen LogP contribution in [0.15, 0.2) is 40.9 Å². The van der Waals surface area contributed by atoms with Crippen molar-refractivity contribution in [2.24, 2.45) is 0 Å². The average Bonchev–Trinajstić information content (AvgIpc) is 2.66. The van der Waals surface area contributed by atoms with Gasteiger partial charge in [0.1, 0.15) is 11.8 Å². The number of carbonyl (C=O) groups excluding carboxylic acids is 2. The van der Waals surface area contributed by atoms with Crippen LogP contribution in [0.4, 0.5) is 0 Å². The number of nitrogens with one attached hydrogen (secondary N) is 1. The second-order valence-electron chi connectivity index (χ2n) is 7.98. The Morgan fingerprint density at radius 1 is 1.10 bits per heavy atom. The van der Waals surface area contributed by atoms with Crippen molar-refractivity contribution in [1.29, 1.82) is 0 Å². The fourth-order valence-electron chi connectivity index (χ4n) is 3.19. The third kappa shape index (κ3) is 6.59. The van der Waals surface area contributed by atoms with Gasteiger partial charge < -0.3 is 15.0 Å². The molecule has 0 saturated heterocycles. The van der Waals surface area contributed by atoms with Crippen LogP contribution in [0, 0.1) is 20.8 Å². The van der Waals surface area contributed by atoms with E-state index >= 15 is 0 Å². The fourth-order valence-corrected chi connectivity index (χ4v) is 3.64. The molecule has 162 valence electrons. The molecule has 1 atom stereocenters. The van der Waals surface area contributed by atoms with Gasteiger partial charge in [-0.3, -0.25) is 9.59 Å². The van der Waals surface area contributed by atoms with Crippen molar-refractivity contribution >= 4 is 27.7 Å². The number of aryl methyl sites for hydroxylation is 2. The minimum atomic E-state index is -0.622. The van der Waals surface area contributed by atoms with Crippen LogP contribution in [0.2, 0.25) is 0 Å². The Kier molecular flexibility index (Phi) is 8.47. The first-order valence-corrected chi connectivity index (χ1v) is 10.9. The third-order valence-corrected chi connectivity index (χ3v) is 5.45. The molecule has 2 rings (SSSR count). The normalized spacial score (nSPS) is 11.9. The number of rotatable bonds is 8. The molecule has 0 fully saturated rings. The van der Waals surface area contributed by atoms with Crippen LogP contribution in [0.3, 0.4) is 0 Å². The maximum atomic E-state index is 13.1. The van der Waals surface area contributed by atoms with E-state index in [4.69, 9.17) is 4.74 Å². The van der Waals surface area contributed by atoms with E-state index in [0.29, 0.717) is 12.3 Å². The predicted octanol–water partition coefficient (Wildman–Crippen LogP) is 4.70. The number of hydrogen-bond acceptors (Lipinski definition) is 3.